The van der Waals surface area contributed by atoms with Crippen LogP contribution in [-0.2, 0) is 4.79 Å². The van der Waals surface area contributed by atoms with Crippen LogP contribution in [-0.4, -0.2) is 35.4 Å². The lowest BCUT2D eigenvalue weighted by Crippen LogP contribution is -2.36. The summed E-state index contributed by atoms with van der Waals surface area (Å²) in [6.45, 7) is 5.92. The van der Waals surface area contributed by atoms with Crippen LogP contribution in [0, 0.1) is 5.41 Å². The van der Waals surface area contributed by atoms with E-state index in [0.29, 0.717) is 19.4 Å². The summed E-state index contributed by atoms with van der Waals surface area (Å²) in [4.78, 5) is 11.2. The number of carbonyl (C=O) groups is 1. The lowest BCUT2D eigenvalue weighted by molar-refractivity contribution is -0.122. The van der Waals surface area contributed by atoms with Crippen LogP contribution in [0.1, 0.15) is 33.6 Å². The minimum absolute atomic E-state index is 0.0453. The maximum Gasteiger partial charge on any atom is 0.220 e. The van der Waals surface area contributed by atoms with E-state index in [9.17, 15) is 4.79 Å². The third kappa shape index (κ3) is 6.86. The van der Waals surface area contributed by atoms with Crippen LogP contribution in [0.4, 0.5) is 0 Å². The second-order valence-electron chi connectivity index (χ2n) is 4.49. The van der Waals surface area contributed by atoms with Gasteiger partial charge in [-0.1, -0.05) is 13.8 Å². The van der Waals surface area contributed by atoms with Gasteiger partial charge in [0.2, 0.25) is 5.91 Å². The Hall–Kier alpha value is -0.610. The van der Waals surface area contributed by atoms with Gasteiger partial charge in [-0.15, -0.1) is 0 Å². The van der Waals surface area contributed by atoms with Crippen molar-refractivity contribution in [2.75, 3.05) is 13.2 Å². The molecule has 0 bridgehead atoms. The van der Waals surface area contributed by atoms with E-state index in [0.717, 1.165) is 0 Å². The molecule has 0 radical (unpaired) electrons. The number of amides is 1. The van der Waals surface area contributed by atoms with Crippen molar-refractivity contribution in [3.63, 3.8) is 0 Å². The van der Waals surface area contributed by atoms with Gasteiger partial charge in [0.1, 0.15) is 0 Å². The third-order valence-corrected chi connectivity index (χ3v) is 1.98. The number of hydrogen-bond acceptors (Lipinski definition) is 3. The Bertz CT molecular complexity index is 178. The molecular weight excluding hydrogens is 182 g/mol. The molecule has 1 unspecified atom stereocenters. The van der Waals surface area contributed by atoms with Crippen molar-refractivity contribution in [3.05, 3.63) is 0 Å². The van der Waals surface area contributed by atoms with Crippen molar-refractivity contribution in [1.82, 2.24) is 5.32 Å². The van der Waals surface area contributed by atoms with Crippen LogP contribution < -0.4 is 5.32 Å². The van der Waals surface area contributed by atoms with Crippen LogP contribution >= 0.6 is 0 Å². The first-order valence-corrected chi connectivity index (χ1v) is 4.93. The molecule has 1 amide bonds. The van der Waals surface area contributed by atoms with E-state index in [1.807, 2.05) is 13.8 Å². The molecular formula is C10H21NO3. The molecule has 0 saturated carbocycles. The zero-order chi connectivity index (χ0) is 11.2. The standard InChI is InChI=1S/C10H21NO3/c1-8(13)4-5-9(14)11-6-10(2,3)7-12/h8,12-13H,4-7H2,1-3H3,(H,11,14). The molecule has 4 heteroatoms. The fourth-order valence-electron chi connectivity index (χ4n) is 0.822. The maximum absolute atomic E-state index is 11.2. The normalized spacial score (nSPS) is 13.8. The van der Waals surface area contributed by atoms with Gasteiger partial charge in [-0.05, 0) is 13.3 Å². The summed E-state index contributed by atoms with van der Waals surface area (Å²) >= 11 is 0. The van der Waals surface area contributed by atoms with E-state index >= 15 is 0 Å². The number of hydrogen-bond donors (Lipinski definition) is 3. The molecule has 0 aliphatic heterocycles. The molecule has 4 nitrogen and oxygen atoms in total. The fourth-order valence-corrected chi connectivity index (χ4v) is 0.822. The van der Waals surface area contributed by atoms with Crippen molar-refractivity contribution >= 4 is 5.91 Å². The second kappa shape index (κ2) is 5.98. The highest BCUT2D eigenvalue weighted by Crippen LogP contribution is 2.11. The van der Waals surface area contributed by atoms with E-state index in [1.54, 1.807) is 6.92 Å². The van der Waals surface area contributed by atoms with Gasteiger partial charge in [-0.2, -0.15) is 0 Å². The quantitative estimate of drug-likeness (QED) is 0.581. The Kier molecular flexibility index (Phi) is 5.72. The second-order valence-corrected chi connectivity index (χ2v) is 4.49. The van der Waals surface area contributed by atoms with Gasteiger partial charge >= 0.3 is 0 Å². The fraction of sp³-hybridized carbons (Fsp3) is 0.900. The van der Waals surface area contributed by atoms with E-state index in [4.69, 9.17) is 10.2 Å². The molecule has 0 aliphatic carbocycles. The molecule has 0 heterocycles. The molecule has 14 heavy (non-hydrogen) atoms. The SMILES string of the molecule is CC(O)CCC(=O)NCC(C)(C)CO. The molecule has 1 atom stereocenters. The molecule has 0 aromatic rings. The first-order valence-electron chi connectivity index (χ1n) is 4.93. The van der Waals surface area contributed by atoms with Crippen LogP contribution in [0.25, 0.3) is 0 Å². The lowest BCUT2D eigenvalue weighted by Gasteiger charge is -2.21. The van der Waals surface area contributed by atoms with Crippen molar-refractivity contribution in [1.29, 1.82) is 0 Å². The van der Waals surface area contributed by atoms with Gasteiger partial charge in [-0.25, -0.2) is 0 Å². The van der Waals surface area contributed by atoms with Crippen molar-refractivity contribution < 1.29 is 15.0 Å². The van der Waals surface area contributed by atoms with Gasteiger partial charge in [-0.3, -0.25) is 4.79 Å². The molecule has 0 spiro atoms. The summed E-state index contributed by atoms with van der Waals surface area (Å²) < 4.78 is 0. The topological polar surface area (TPSA) is 69.6 Å². The van der Waals surface area contributed by atoms with E-state index in [-0.39, 0.29) is 17.9 Å². The molecule has 0 rings (SSSR count). The largest absolute Gasteiger partial charge is 0.396 e. The molecule has 0 aliphatic rings. The predicted octanol–water partition coefficient (Wildman–Crippen LogP) is 0.282. The minimum Gasteiger partial charge on any atom is -0.396 e. The average Bonchev–Trinajstić information content (AvgIpc) is 2.11. The lowest BCUT2D eigenvalue weighted by atomic mass is 9.95. The number of carbonyl (C=O) groups excluding carboxylic acids is 1. The Morgan fingerprint density at radius 1 is 1.50 bits per heavy atom. The van der Waals surface area contributed by atoms with E-state index in [2.05, 4.69) is 5.32 Å². The zero-order valence-electron chi connectivity index (χ0n) is 9.21. The summed E-state index contributed by atoms with van der Waals surface area (Å²) in [5.41, 5.74) is -0.277. The predicted molar refractivity (Wildman–Crippen MR) is 54.8 cm³/mol. The average molecular weight is 203 g/mol. The summed E-state index contributed by atoms with van der Waals surface area (Å²) in [6, 6.07) is 0. The van der Waals surface area contributed by atoms with Crippen LogP contribution in [0.3, 0.4) is 0 Å². The summed E-state index contributed by atoms with van der Waals surface area (Å²) in [5, 5.41) is 20.6. The minimum atomic E-state index is -0.438. The summed E-state index contributed by atoms with van der Waals surface area (Å²) in [7, 11) is 0. The Labute approximate surface area is 85.3 Å². The van der Waals surface area contributed by atoms with Crippen molar-refractivity contribution in [2.24, 2.45) is 5.41 Å². The Balaban J connectivity index is 3.64. The number of rotatable bonds is 6. The third-order valence-electron chi connectivity index (χ3n) is 1.98. The van der Waals surface area contributed by atoms with Gasteiger partial charge in [0.15, 0.2) is 0 Å². The molecule has 0 fully saturated rings. The monoisotopic (exact) mass is 203 g/mol. The Morgan fingerprint density at radius 2 is 2.07 bits per heavy atom. The maximum atomic E-state index is 11.2. The zero-order valence-corrected chi connectivity index (χ0v) is 9.21. The van der Waals surface area contributed by atoms with E-state index < -0.39 is 6.10 Å². The molecule has 0 aromatic heterocycles. The first-order chi connectivity index (χ1) is 6.37. The number of nitrogens with one attached hydrogen (secondary N) is 1. The van der Waals surface area contributed by atoms with Crippen LogP contribution in [0.2, 0.25) is 0 Å². The number of aliphatic hydroxyl groups excluding tert-OH is 2. The highest BCUT2D eigenvalue weighted by molar-refractivity contribution is 5.75. The van der Waals surface area contributed by atoms with Gasteiger partial charge < -0.3 is 15.5 Å². The molecule has 0 saturated heterocycles. The van der Waals surface area contributed by atoms with Gasteiger partial charge in [0.25, 0.3) is 0 Å². The van der Waals surface area contributed by atoms with Gasteiger partial charge in [0, 0.05) is 25.0 Å². The Morgan fingerprint density at radius 3 is 2.50 bits per heavy atom. The summed E-state index contributed by atoms with van der Waals surface area (Å²) in [6.07, 6.45) is 0.372. The van der Waals surface area contributed by atoms with Crippen molar-refractivity contribution in [2.45, 2.75) is 39.7 Å². The highest BCUT2D eigenvalue weighted by Gasteiger charge is 2.17. The smallest absolute Gasteiger partial charge is 0.220 e. The molecule has 0 aromatic carbocycles. The van der Waals surface area contributed by atoms with Crippen LogP contribution in [0.15, 0.2) is 0 Å². The van der Waals surface area contributed by atoms with E-state index in [1.165, 1.54) is 0 Å². The first kappa shape index (κ1) is 13.4. The number of aliphatic hydroxyl groups is 2. The summed E-state index contributed by atoms with van der Waals surface area (Å²) in [5.74, 6) is -0.0765. The van der Waals surface area contributed by atoms with Gasteiger partial charge in [0.05, 0.1) is 6.10 Å². The van der Waals surface area contributed by atoms with Crippen LogP contribution in [0.5, 0.6) is 0 Å². The highest BCUT2D eigenvalue weighted by atomic mass is 16.3. The van der Waals surface area contributed by atoms with Crippen molar-refractivity contribution in [3.8, 4) is 0 Å². The molecule has 3 N–H and O–H groups in total. The molecule has 84 valence electrons.